The molecular weight excluding hydrogens is 326 g/mol. The summed E-state index contributed by atoms with van der Waals surface area (Å²) in [6.07, 6.45) is 2.82. The summed E-state index contributed by atoms with van der Waals surface area (Å²) in [5, 5.41) is 14.3. The number of benzene rings is 2. The third-order valence-electron chi connectivity index (χ3n) is 4.05. The van der Waals surface area contributed by atoms with Crippen LogP contribution >= 0.6 is 0 Å². The second kappa shape index (κ2) is 8.92. The van der Waals surface area contributed by atoms with Crippen LogP contribution in [0.4, 0.5) is 5.69 Å². The molecule has 0 spiro atoms. The monoisotopic (exact) mass is 353 g/mol. The Kier molecular flexibility index (Phi) is 6.11. The third kappa shape index (κ3) is 5.00. The summed E-state index contributed by atoms with van der Waals surface area (Å²) >= 11 is 0. The van der Waals surface area contributed by atoms with E-state index >= 15 is 0 Å². The molecule has 2 N–H and O–H groups in total. The number of rotatable bonds is 3. The maximum atomic E-state index is 12.0. The number of para-hydroxylation sites is 2. The molecule has 1 aliphatic rings. The molecular formula is C20H27N5O. The Morgan fingerprint density at radius 3 is 2.42 bits per heavy atom. The fourth-order valence-corrected chi connectivity index (χ4v) is 2.57. The molecule has 1 aliphatic heterocycles. The van der Waals surface area contributed by atoms with E-state index in [1.165, 1.54) is 30.5 Å². The predicted octanol–water partition coefficient (Wildman–Crippen LogP) is 3.63. The molecule has 0 saturated carbocycles. The molecule has 1 fully saturated rings. The molecule has 1 amide bonds. The number of carbonyl (C=O) groups excluding carboxylic acids is 1. The van der Waals surface area contributed by atoms with E-state index in [-0.39, 0.29) is 14.5 Å². The van der Waals surface area contributed by atoms with Gasteiger partial charge in [-0.05, 0) is 49.7 Å². The van der Waals surface area contributed by atoms with Crippen LogP contribution in [-0.4, -0.2) is 34.0 Å². The van der Waals surface area contributed by atoms with E-state index < -0.39 is 0 Å². The molecule has 3 aromatic rings. The van der Waals surface area contributed by atoms with Crippen molar-refractivity contribution >= 4 is 11.6 Å². The van der Waals surface area contributed by atoms with Crippen molar-refractivity contribution in [3.63, 3.8) is 0 Å². The minimum absolute atomic E-state index is 0. The number of hydrogen-bond acceptors (Lipinski definition) is 4. The molecule has 1 aromatic heterocycles. The van der Waals surface area contributed by atoms with Gasteiger partial charge in [-0.1, -0.05) is 43.3 Å². The Bertz CT molecular complexity index is 821. The summed E-state index contributed by atoms with van der Waals surface area (Å²) in [6, 6.07) is 18.7. The number of nitrogens with zero attached hydrogens (tertiary/aromatic N) is 3. The van der Waals surface area contributed by atoms with Gasteiger partial charge < -0.3 is 10.6 Å². The van der Waals surface area contributed by atoms with E-state index in [4.69, 9.17) is 0 Å². The molecule has 1 unspecified atom stereocenters. The van der Waals surface area contributed by atoms with Crippen LogP contribution < -0.4 is 10.6 Å². The van der Waals surface area contributed by atoms with Crippen LogP contribution in [0.5, 0.6) is 0 Å². The smallest absolute Gasteiger partial charge is 0.277 e. The van der Waals surface area contributed by atoms with Gasteiger partial charge >= 0.3 is 0 Å². The van der Waals surface area contributed by atoms with E-state index in [1.807, 2.05) is 60.7 Å². The molecule has 2 heterocycles. The minimum Gasteiger partial charge on any atom is -0.321 e. The Labute approximate surface area is 156 Å². The number of carbonyl (C=O) groups is 1. The number of anilines is 1. The molecule has 0 radical (unpaired) electrons. The van der Waals surface area contributed by atoms with Crippen molar-refractivity contribution < 1.29 is 7.65 Å². The van der Waals surface area contributed by atoms with Crippen molar-refractivity contribution in [2.24, 2.45) is 5.92 Å². The van der Waals surface area contributed by atoms with E-state index in [2.05, 4.69) is 27.8 Å². The quantitative estimate of drug-likeness (QED) is 0.754. The summed E-state index contributed by atoms with van der Waals surface area (Å²) in [6.45, 7) is 4.75. The summed E-state index contributed by atoms with van der Waals surface area (Å²) < 4.78 is 0. The fraction of sp³-hybridized carbons (Fsp3) is 0.250. The Balaban J connectivity index is 0.000000423. The van der Waals surface area contributed by atoms with E-state index in [0.29, 0.717) is 0 Å². The zero-order valence-electron chi connectivity index (χ0n) is 14.8. The molecule has 0 bridgehead atoms. The number of amides is 1. The third-order valence-corrected chi connectivity index (χ3v) is 4.05. The van der Waals surface area contributed by atoms with Crippen LogP contribution in [0.25, 0.3) is 5.69 Å². The van der Waals surface area contributed by atoms with Gasteiger partial charge in [-0.2, -0.15) is 9.90 Å². The van der Waals surface area contributed by atoms with Crippen molar-refractivity contribution in [1.82, 2.24) is 20.3 Å². The van der Waals surface area contributed by atoms with E-state index in [1.54, 1.807) is 0 Å². The van der Waals surface area contributed by atoms with Gasteiger partial charge in [0.25, 0.3) is 5.91 Å². The molecule has 1 atom stereocenters. The Hall–Kier alpha value is -2.99. The highest BCUT2D eigenvalue weighted by Gasteiger charge is 2.11. The second-order valence-corrected chi connectivity index (χ2v) is 6.27. The van der Waals surface area contributed by atoms with Gasteiger partial charge in [0.15, 0.2) is 5.69 Å². The first-order valence-corrected chi connectivity index (χ1v) is 8.77. The Morgan fingerprint density at radius 2 is 1.85 bits per heavy atom. The lowest BCUT2D eigenvalue weighted by Gasteiger charge is -2.01. The first kappa shape index (κ1) is 17.8. The Morgan fingerprint density at radius 1 is 1.15 bits per heavy atom. The van der Waals surface area contributed by atoms with Crippen LogP contribution in [0.1, 0.15) is 26.7 Å². The summed E-state index contributed by atoms with van der Waals surface area (Å²) in [5.74, 6) is 0.656. The fourth-order valence-electron chi connectivity index (χ4n) is 2.57. The minimum atomic E-state index is -0.279. The van der Waals surface area contributed by atoms with Crippen molar-refractivity contribution in [1.29, 1.82) is 0 Å². The molecule has 6 nitrogen and oxygen atoms in total. The summed E-state index contributed by atoms with van der Waals surface area (Å²) in [7, 11) is 0. The van der Waals surface area contributed by atoms with Gasteiger partial charge in [0.05, 0.1) is 11.9 Å². The summed E-state index contributed by atoms with van der Waals surface area (Å²) in [4.78, 5) is 13.5. The molecule has 4 rings (SSSR count). The van der Waals surface area contributed by atoms with Crippen LogP contribution in [0.3, 0.4) is 0 Å². The lowest BCUT2D eigenvalue weighted by atomic mass is 10.2. The summed E-state index contributed by atoms with van der Waals surface area (Å²) in [5.41, 5.74) is 1.82. The average Bonchev–Trinajstić information content (AvgIpc) is 3.35. The molecule has 0 aliphatic carbocycles. The zero-order valence-corrected chi connectivity index (χ0v) is 14.8. The van der Waals surface area contributed by atoms with Gasteiger partial charge in [-0.15, -0.1) is 5.10 Å². The highest BCUT2D eigenvalue weighted by molar-refractivity contribution is 6.02. The van der Waals surface area contributed by atoms with Gasteiger partial charge in [-0.3, -0.25) is 4.79 Å². The first-order chi connectivity index (χ1) is 12.7. The highest BCUT2D eigenvalue weighted by Crippen LogP contribution is 2.08. The van der Waals surface area contributed by atoms with Crippen LogP contribution in [-0.2, 0) is 0 Å². The maximum absolute atomic E-state index is 12.0. The highest BCUT2D eigenvalue weighted by atomic mass is 16.2. The molecule has 6 heteroatoms. The maximum Gasteiger partial charge on any atom is 0.277 e. The van der Waals surface area contributed by atoms with Crippen LogP contribution in [0, 0.1) is 5.92 Å². The zero-order chi connectivity index (χ0) is 18.2. The lowest BCUT2D eigenvalue weighted by molar-refractivity contribution is 0.102. The number of nitrogens with one attached hydrogen (secondary N) is 2. The van der Waals surface area contributed by atoms with E-state index in [0.717, 1.165) is 17.3 Å². The largest absolute Gasteiger partial charge is 0.321 e. The van der Waals surface area contributed by atoms with Gasteiger partial charge in [0, 0.05) is 8.54 Å². The molecule has 1 saturated heterocycles. The second-order valence-electron chi connectivity index (χ2n) is 6.27. The number of hydrogen-bond donors (Lipinski definition) is 2. The van der Waals surface area contributed by atoms with Gasteiger partial charge in [0.2, 0.25) is 0 Å². The van der Waals surface area contributed by atoms with E-state index in [9.17, 15) is 4.79 Å². The van der Waals surface area contributed by atoms with Gasteiger partial charge in [0.1, 0.15) is 0 Å². The van der Waals surface area contributed by atoms with Crippen molar-refractivity contribution in [3.8, 4) is 5.69 Å². The van der Waals surface area contributed by atoms with Crippen molar-refractivity contribution in [2.45, 2.75) is 13.3 Å². The normalized spacial score (nSPS) is 15.8. The molecule has 2 aromatic carbocycles. The SMILES string of the molecule is CC1CCNC1.O=C(Nc1ccccc1)c1cnn(-c2ccccc2)n1.[HH].[HH]. The number of aromatic nitrogens is 3. The topological polar surface area (TPSA) is 71.8 Å². The average molecular weight is 353 g/mol. The van der Waals surface area contributed by atoms with Crippen molar-refractivity contribution in [3.05, 3.63) is 72.6 Å². The van der Waals surface area contributed by atoms with Crippen LogP contribution in [0.15, 0.2) is 66.9 Å². The van der Waals surface area contributed by atoms with Crippen molar-refractivity contribution in [2.75, 3.05) is 18.4 Å². The van der Waals surface area contributed by atoms with Crippen LogP contribution in [0.2, 0.25) is 0 Å². The first-order valence-electron chi connectivity index (χ1n) is 8.77. The molecule has 138 valence electrons. The lowest BCUT2D eigenvalue weighted by Crippen LogP contribution is -2.13. The molecule has 26 heavy (non-hydrogen) atoms. The van der Waals surface area contributed by atoms with Gasteiger partial charge in [-0.25, -0.2) is 0 Å². The predicted molar refractivity (Wildman–Crippen MR) is 107 cm³/mol. The standard InChI is InChI=1S/C15H12N4O.C5H11N.2H2/c20-15(17-12-7-3-1-4-8-12)14-11-16-19(18-14)13-9-5-2-6-10-13;1-5-2-3-6-4-5;;/h1-11H,(H,17,20);5-6H,2-4H2,1H3;2*1H.